The summed E-state index contributed by atoms with van der Waals surface area (Å²) in [5, 5.41) is 12.2. The smallest absolute Gasteiger partial charge is 0.332 e. The highest BCUT2D eigenvalue weighted by Crippen LogP contribution is 2.17. The van der Waals surface area contributed by atoms with Gasteiger partial charge in [0, 0.05) is 19.6 Å². The van der Waals surface area contributed by atoms with Gasteiger partial charge in [-0.15, -0.1) is 0 Å². The van der Waals surface area contributed by atoms with Gasteiger partial charge in [-0.1, -0.05) is 0 Å². The van der Waals surface area contributed by atoms with E-state index in [-0.39, 0.29) is 28.2 Å². The molecule has 0 saturated carbocycles. The summed E-state index contributed by atoms with van der Waals surface area (Å²) in [5.74, 6) is 0.251. The molecule has 2 aromatic heterocycles. The molecule has 0 atom stereocenters. The number of nitrogens with one attached hydrogen (secondary N) is 1. The van der Waals surface area contributed by atoms with Gasteiger partial charge in [-0.25, -0.2) is 14.8 Å². The molecule has 0 amide bonds. The van der Waals surface area contributed by atoms with Crippen molar-refractivity contribution < 1.29 is 0 Å². The van der Waals surface area contributed by atoms with Crippen LogP contribution in [0.4, 0.5) is 5.82 Å². The molecule has 2 aromatic rings. The molecule has 8 heteroatoms. The monoisotopic (exact) mass is 288 g/mol. The Morgan fingerprint density at radius 2 is 1.76 bits per heavy atom. The van der Waals surface area contributed by atoms with E-state index in [0.717, 1.165) is 4.57 Å². The van der Waals surface area contributed by atoms with E-state index >= 15 is 0 Å². The number of anilines is 1. The van der Waals surface area contributed by atoms with Crippen molar-refractivity contribution in [3.8, 4) is 6.07 Å². The number of nitrogens with zero attached hydrogens (tertiary/aromatic N) is 5. The average Bonchev–Trinajstić information content (AvgIpc) is 2.40. The Morgan fingerprint density at radius 3 is 2.29 bits per heavy atom. The van der Waals surface area contributed by atoms with E-state index in [1.54, 1.807) is 0 Å². The van der Waals surface area contributed by atoms with Gasteiger partial charge in [0.25, 0.3) is 5.56 Å². The molecular formula is C13H16N6O2. The second-order valence-corrected chi connectivity index (χ2v) is 5.79. The Hall–Kier alpha value is -2.69. The maximum absolute atomic E-state index is 12.1. The third-order valence-corrected chi connectivity index (χ3v) is 2.88. The average molecular weight is 288 g/mol. The van der Waals surface area contributed by atoms with Crippen LogP contribution in [-0.4, -0.2) is 24.6 Å². The molecule has 8 nitrogen and oxygen atoms in total. The fourth-order valence-corrected chi connectivity index (χ4v) is 1.89. The van der Waals surface area contributed by atoms with Crippen LogP contribution in [0.25, 0.3) is 11.2 Å². The van der Waals surface area contributed by atoms with E-state index < -0.39 is 11.2 Å². The molecule has 0 aliphatic rings. The van der Waals surface area contributed by atoms with Crippen molar-refractivity contribution in [1.82, 2.24) is 19.1 Å². The molecule has 0 unspecified atom stereocenters. The zero-order valence-electron chi connectivity index (χ0n) is 12.6. The summed E-state index contributed by atoms with van der Waals surface area (Å²) >= 11 is 0. The number of aryl methyl sites for hydroxylation is 1. The minimum atomic E-state index is -0.570. The maximum atomic E-state index is 12.1. The number of nitriles is 1. The van der Waals surface area contributed by atoms with E-state index in [1.807, 2.05) is 26.8 Å². The molecule has 0 spiro atoms. The molecule has 0 bridgehead atoms. The van der Waals surface area contributed by atoms with Crippen LogP contribution >= 0.6 is 0 Å². The number of hydrogen-bond donors (Lipinski definition) is 1. The van der Waals surface area contributed by atoms with Crippen LogP contribution in [0.2, 0.25) is 0 Å². The van der Waals surface area contributed by atoms with Gasteiger partial charge in [-0.2, -0.15) is 5.26 Å². The first-order valence-corrected chi connectivity index (χ1v) is 6.32. The quantitative estimate of drug-likeness (QED) is 0.798. The molecule has 2 rings (SSSR count). The molecule has 2 heterocycles. The van der Waals surface area contributed by atoms with Gasteiger partial charge in [-0.05, 0) is 20.8 Å². The third kappa shape index (κ3) is 2.50. The first-order valence-electron chi connectivity index (χ1n) is 6.32. The van der Waals surface area contributed by atoms with Crippen LogP contribution in [0.5, 0.6) is 0 Å². The van der Waals surface area contributed by atoms with Crippen LogP contribution in [-0.2, 0) is 14.1 Å². The molecule has 0 aliphatic carbocycles. The Morgan fingerprint density at radius 1 is 1.14 bits per heavy atom. The summed E-state index contributed by atoms with van der Waals surface area (Å²) in [6.45, 7) is 5.72. The zero-order valence-corrected chi connectivity index (χ0v) is 12.6. The lowest BCUT2D eigenvalue weighted by atomic mass is 10.1. The lowest BCUT2D eigenvalue weighted by Crippen LogP contribution is -2.38. The summed E-state index contributed by atoms with van der Waals surface area (Å²) in [6.07, 6.45) is 0. The lowest BCUT2D eigenvalue weighted by molar-refractivity contribution is 0.628. The third-order valence-electron chi connectivity index (χ3n) is 2.88. The van der Waals surface area contributed by atoms with Crippen LogP contribution in [0.1, 0.15) is 26.5 Å². The SMILES string of the molecule is Cn1c(=O)c2nc(C#N)c(NC(C)(C)C)nc2n(C)c1=O. The van der Waals surface area contributed by atoms with Crippen LogP contribution in [0.15, 0.2) is 9.59 Å². The Balaban J connectivity index is 2.91. The number of hydrogen-bond acceptors (Lipinski definition) is 6. The van der Waals surface area contributed by atoms with Crippen molar-refractivity contribution in [1.29, 1.82) is 5.26 Å². The summed E-state index contributed by atoms with van der Waals surface area (Å²) in [4.78, 5) is 32.3. The van der Waals surface area contributed by atoms with Gasteiger partial charge < -0.3 is 5.32 Å². The normalized spacial score (nSPS) is 11.4. The van der Waals surface area contributed by atoms with Gasteiger partial charge in [-0.3, -0.25) is 13.9 Å². The van der Waals surface area contributed by atoms with Crippen LogP contribution < -0.4 is 16.6 Å². The second kappa shape index (κ2) is 4.70. The van der Waals surface area contributed by atoms with Crippen molar-refractivity contribution >= 4 is 17.0 Å². The topological polar surface area (TPSA) is 106 Å². The maximum Gasteiger partial charge on any atom is 0.332 e. The fourth-order valence-electron chi connectivity index (χ4n) is 1.89. The molecule has 0 aliphatic heterocycles. The summed E-state index contributed by atoms with van der Waals surface area (Å²) in [7, 11) is 2.87. The highest BCUT2D eigenvalue weighted by Gasteiger charge is 2.19. The number of fused-ring (bicyclic) bond motifs is 1. The van der Waals surface area contributed by atoms with E-state index in [4.69, 9.17) is 0 Å². The molecule has 0 radical (unpaired) electrons. The van der Waals surface area contributed by atoms with E-state index in [1.165, 1.54) is 18.7 Å². The lowest BCUT2D eigenvalue weighted by Gasteiger charge is -2.22. The number of aromatic nitrogens is 4. The fraction of sp³-hybridized carbons (Fsp3) is 0.462. The van der Waals surface area contributed by atoms with E-state index in [2.05, 4.69) is 15.3 Å². The summed E-state index contributed by atoms with van der Waals surface area (Å²) in [6, 6.07) is 1.92. The molecule has 0 saturated heterocycles. The van der Waals surface area contributed by atoms with Crippen molar-refractivity contribution in [2.75, 3.05) is 5.32 Å². The predicted molar refractivity (Wildman–Crippen MR) is 78.1 cm³/mol. The van der Waals surface area contributed by atoms with Crippen molar-refractivity contribution in [3.05, 3.63) is 26.5 Å². The van der Waals surface area contributed by atoms with Gasteiger partial charge >= 0.3 is 5.69 Å². The van der Waals surface area contributed by atoms with Crippen LogP contribution in [0, 0.1) is 11.3 Å². The predicted octanol–water partition coefficient (Wildman–Crippen LogP) is 0.109. The van der Waals surface area contributed by atoms with Crippen molar-refractivity contribution in [2.24, 2.45) is 14.1 Å². The zero-order chi connectivity index (χ0) is 15.9. The molecule has 21 heavy (non-hydrogen) atoms. The molecular weight excluding hydrogens is 272 g/mol. The van der Waals surface area contributed by atoms with E-state index in [9.17, 15) is 14.9 Å². The molecule has 0 aromatic carbocycles. The molecule has 1 N–H and O–H groups in total. The minimum Gasteiger partial charge on any atom is -0.363 e. The highest BCUT2D eigenvalue weighted by molar-refractivity contribution is 5.73. The van der Waals surface area contributed by atoms with Crippen molar-refractivity contribution in [2.45, 2.75) is 26.3 Å². The van der Waals surface area contributed by atoms with Crippen molar-refractivity contribution in [3.63, 3.8) is 0 Å². The Kier molecular flexibility index (Phi) is 3.29. The summed E-state index contributed by atoms with van der Waals surface area (Å²) < 4.78 is 2.17. The van der Waals surface area contributed by atoms with Gasteiger partial charge in [0.05, 0.1) is 0 Å². The standard InChI is InChI=1S/C13H16N6O2/c1-13(2,3)17-9-7(6-14)15-8-10(16-9)18(4)12(21)19(5)11(8)20/h1-5H3,(H,16,17). The Labute approximate surface area is 120 Å². The van der Waals surface area contributed by atoms with Gasteiger partial charge in [0.2, 0.25) is 0 Å². The molecule has 0 fully saturated rings. The Bertz CT molecular complexity index is 879. The summed E-state index contributed by atoms with van der Waals surface area (Å²) in [5.41, 5.74) is -1.24. The van der Waals surface area contributed by atoms with E-state index in [0.29, 0.717) is 0 Å². The number of rotatable bonds is 1. The first kappa shape index (κ1) is 14.7. The molecule has 110 valence electrons. The first-order chi connectivity index (χ1) is 9.65. The van der Waals surface area contributed by atoms with Gasteiger partial charge in [0.15, 0.2) is 22.7 Å². The highest BCUT2D eigenvalue weighted by atomic mass is 16.2. The van der Waals surface area contributed by atoms with Gasteiger partial charge in [0.1, 0.15) is 6.07 Å². The largest absolute Gasteiger partial charge is 0.363 e. The minimum absolute atomic E-state index is 0.00407. The van der Waals surface area contributed by atoms with Crippen LogP contribution in [0.3, 0.4) is 0 Å². The second-order valence-electron chi connectivity index (χ2n) is 5.79.